The average molecular weight is 262 g/mol. The summed E-state index contributed by atoms with van der Waals surface area (Å²) >= 11 is 3.40. The molecule has 0 aliphatic heterocycles. The number of fused-ring (bicyclic) bond motifs is 1. The summed E-state index contributed by atoms with van der Waals surface area (Å²) in [4.78, 5) is 11.0. The Kier molecular flexibility index (Phi) is 2.82. The third-order valence-electron chi connectivity index (χ3n) is 3.88. The van der Waals surface area contributed by atoms with Crippen LogP contribution in [-0.2, 0) is 0 Å². The van der Waals surface area contributed by atoms with Gasteiger partial charge in [0.1, 0.15) is 0 Å². The minimum absolute atomic E-state index is 0.0881. The fourth-order valence-electron chi connectivity index (χ4n) is 3.16. The van der Waals surface area contributed by atoms with Crippen LogP contribution >= 0.6 is 15.9 Å². The normalized spacial score (nSPS) is 42.9. The summed E-state index contributed by atoms with van der Waals surface area (Å²) < 4.78 is -0.795. The maximum absolute atomic E-state index is 11.1. The first-order valence-electron chi connectivity index (χ1n) is 5.48. The van der Waals surface area contributed by atoms with Crippen molar-refractivity contribution in [3.63, 3.8) is 0 Å². The average Bonchev–Trinajstić information content (AvgIpc) is 2.18. The number of alkyl halides is 1. The van der Waals surface area contributed by atoms with Gasteiger partial charge < -0.3 is 0 Å². The Labute approximate surface area is 92.5 Å². The maximum atomic E-state index is 11.1. The highest BCUT2D eigenvalue weighted by Gasteiger charge is 2.53. The molecular formula is C10H16BrNO2. The van der Waals surface area contributed by atoms with Crippen LogP contribution in [0.2, 0.25) is 0 Å². The number of nitrogens with zero attached hydrogens (tertiary/aromatic N) is 1. The third kappa shape index (κ3) is 1.58. The molecule has 1 unspecified atom stereocenters. The van der Waals surface area contributed by atoms with Crippen molar-refractivity contribution < 1.29 is 4.92 Å². The van der Waals surface area contributed by atoms with Gasteiger partial charge in [0.25, 0.3) is 4.45 Å². The number of rotatable bonds is 1. The van der Waals surface area contributed by atoms with Gasteiger partial charge in [0.05, 0.1) is 0 Å². The Morgan fingerprint density at radius 3 is 2.57 bits per heavy atom. The van der Waals surface area contributed by atoms with Crippen molar-refractivity contribution in [3.05, 3.63) is 10.1 Å². The van der Waals surface area contributed by atoms with E-state index in [0.717, 1.165) is 12.8 Å². The SMILES string of the molecule is O=[N+]([O-])C1(Br)CCC[C@H]2CCCC[C@@H]21. The van der Waals surface area contributed by atoms with Crippen LogP contribution in [0.3, 0.4) is 0 Å². The molecule has 4 heteroatoms. The molecule has 2 aliphatic rings. The van der Waals surface area contributed by atoms with Crippen LogP contribution in [0.4, 0.5) is 0 Å². The van der Waals surface area contributed by atoms with Crippen LogP contribution in [0, 0.1) is 22.0 Å². The van der Waals surface area contributed by atoms with Crippen molar-refractivity contribution in [2.75, 3.05) is 0 Å². The summed E-state index contributed by atoms with van der Waals surface area (Å²) in [6.07, 6.45) is 7.59. The zero-order chi connectivity index (χ0) is 10.2. The van der Waals surface area contributed by atoms with Crippen LogP contribution < -0.4 is 0 Å². The van der Waals surface area contributed by atoms with E-state index in [2.05, 4.69) is 15.9 Å². The molecular weight excluding hydrogens is 246 g/mol. The minimum atomic E-state index is -0.795. The molecule has 0 N–H and O–H groups in total. The standard InChI is InChI=1S/C10H16BrNO2/c11-10(12(13)14)7-3-5-8-4-1-2-6-9(8)10/h8-9H,1-7H2/t8-,9+,10?/m1/s1. The first-order chi connectivity index (χ1) is 6.64. The monoisotopic (exact) mass is 261 g/mol. The lowest BCUT2D eigenvalue weighted by Crippen LogP contribution is -2.47. The molecule has 2 rings (SSSR count). The van der Waals surface area contributed by atoms with Crippen LogP contribution in [0.15, 0.2) is 0 Å². The molecule has 3 nitrogen and oxygen atoms in total. The topological polar surface area (TPSA) is 43.1 Å². The summed E-state index contributed by atoms with van der Waals surface area (Å²) in [5, 5.41) is 11.1. The lowest BCUT2D eigenvalue weighted by molar-refractivity contribution is -0.552. The second-order valence-electron chi connectivity index (χ2n) is 4.62. The van der Waals surface area contributed by atoms with Gasteiger partial charge in [-0.15, -0.1) is 0 Å². The highest BCUT2D eigenvalue weighted by molar-refractivity contribution is 9.10. The van der Waals surface area contributed by atoms with E-state index in [1.54, 1.807) is 0 Å². The fourth-order valence-corrected chi connectivity index (χ4v) is 4.04. The highest BCUT2D eigenvalue weighted by atomic mass is 79.9. The third-order valence-corrected chi connectivity index (χ3v) is 5.16. The molecule has 0 bridgehead atoms. The van der Waals surface area contributed by atoms with E-state index in [9.17, 15) is 10.1 Å². The van der Waals surface area contributed by atoms with Crippen molar-refractivity contribution in [2.45, 2.75) is 49.4 Å². The molecule has 0 spiro atoms. The Bertz CT molecular complexity index is 244. The van der Waals surface area contributed by atoms with Gasteiger partial charge in [0.15, 0.2) is 0 Å². The summed E-state index contributed by atoms with van der Waals surface area (Å²) in [6, 6.07) is 0. The molecule has 2 aliphatic carbocycles. The first-order valence-corrected chi connectivity index (χ1v) is 6.27. The predicted molar refractivity (Wildman–Crippen MR) is 58.0 cm³/mol. The summed E-state index contributed by atoms with van der Waals surface area (Å²) in [5.74, 6) is 0.877. The quantitative estimate of drug-likeness (QED) is 0.315. The first kappa shape index (κ1) is 10.4. The molecule has 0 amide bonds. The Morgan fingerprint density at radius 2 is 1.86 bits per heavy atom. The zero-order valence-electron chi connectivity index (χ0n) is 8.25. The van der Waals surface area contributed by atoms with Gasteiger partial charge in [-0.2, -0.15) is 0 Å². The van der Waals surface area contributed by atoms with Gasteiger partial charge >= 0.3 is 0 Å². The molecule has 3 atom stereocenters. The number of hydrogen-bond acceptors (Lipinski definition) is 2. The Morgan fingerprint density at radius 1 is 1.21 bits per heavy atom. The van der Waals surface area contributed by atoms with E-state index in [0.29, 0.717) is 12.3 Å². The number of hydrogen-bond donors (Lipinski definition) is 0. The molecule has 14 heavy (non-hydrogen) atoms. The second kappa shape index (κ2) is 3.80. The zero-order valence-corrected chi connectivity index (χ0v) is 9.83. The number of halogens is 1. The molecule has 0 aromatic heterocycles. The van der Waals surface area contributed by atoms with E-state index in [-0.39, 0.29) is 10.8 Å². The summed E-state index contributed by atoms with van der Waals surface area (Å²) in [7, 11) is 0. The van der Waals surface area contributed by atoms with Gasteiger partial charge in [-0.05, 0) is 31.6 Å². The van der Waals surface area contributed by atoms with Crippen molar-refractivity contribution >= 4 is 15.9 Å². The minimum Gasteiger partial charge on any atom is -0.263 e. The van der Waals surface area contributed by atoms with Gasteiger partial charge in [-0.1, -0.05) is 12.8 Å². The van der Waals surface area contributed by atoms with Crippen LogP contribution in [0.5, 0.6) is 0 Å². The van der Waals surface area contributed by atoms with E-state index in [4.69, 9.17) is 0 Å². The fraction of sp³-hybridized carbons (Fsp3) is 1.00. The molecule has 0 radical (unpaired) electrons. The molecule has 0 saturated heterocycles. The van der Waals surface area contributed by atoms with Gasteiger partial charge in [-0.25, -0.2) is 0 Å². The van der Waals surface area contributed by atoms with Crippen LogP contribution in [-0.4, -0.2) is 9.37 Å². The van der Waals surface area contributed by atoms with Crippen molar-refractivity contribution in [2.24, 2.45) is 11.8 Å². The van der Waals surface area contributed by atoms with E-state index >= 15 is 0 Å². The largest absolute Gasteiger partial charge is 0.277 e. The number of nitro groups is 1. The summed E-state index contributed by atoms with van der Waals surface area (Å²) in [6.45, 7) is 0. The Balaban J connectivity index is 2.20. The van der Waals surface area contributed by atoms with Crippen LogP contribution in [0.25, 0.3) is 0 Å². The predicted octanol–water partition coefficient (Wildman–Crippen LogP) is 3.34. The van der Waals surface area contributed by atoms with Gasteiger partial charge in [0.2, 0.25) is 0 Å². The van der Waals surface area contributed by atoms with Crippen molar-refractivity contribution in [3.8, 4) is 0 Å². The molecule has 0 heterocycles. The molecule has 0 aromatic rings. The molecule has 2 saturated carbocycles. The maximum Gasteiger partial charge on any atom is 0.277 e. The van der Waals surface area contributed by atoms with E-state index < -0.39 is 4.45 Å². The second-order valence-corrected chi connectivity index (χ2v) is 5.99. The van der Waals surface area contributed by atoms with Crippen LogP contribution in [0.1, 0.15) is 44.9 Å². The lowest BCUT2D eigenvalue weighted by Gasteiger charge is -2.41. The van der Waals surface area contributed by atoms with E-state index in [1.807, 2.05) is 0 Å². The smallest absolute Gasteiger partial charge is 0.263 e. The van der Waals surface area contributed by atoms with Gasteiger partial charge in [-0.3, -0.25) is 10.1 Å². The Hall–Kier alpha value is -0.120. The summed E-state index contributed by atoms with van der Waals surface area (Å²) in [5.41, 5.74) is 0. The van der Waals surface area contributed by atoms with Gasteiger partial charge in [0, 0.05) is 33.2 Å². The highest BCUT2D eigenvalue weighted by Crippen LogP contribution is 2.50. The molecule has 2 fully saturated rings. The van der Waals surface area contributed by atoms with Crippen molar-refractivity contribution in [1.29, 1.82) is 0 Å². The van der Waals surface area contributed by atoms with E-state index in [1.165, 1.54) is 25.7 Å². The molecule has 0 aromatic carbocycles. The molecule has 80 valence electrons. The lowest BCUT2D eigenvalue weighted by atomic mass is 9.68. The van der Waals surface area contributed by atoms with Crippen molar-refractivity contribution in [1.82, 2.24) is 0 Å².